The van der Waals surface area contributed by atoms with Crippen LogP contribution in [0.1, 0.15) is 25.2 Å². The Kier molecular flexibility index (Phi) is 5.33. The van der Waals surface area contributed by atoms with Crippen molar-refractivity contribution in [3.63, 3.8) is 0 Å². The van der Waals surface area contributed by atoms with E-state index in [1.54, 1.807) is 0 Å². The molecule has 1 aromatic heterocycles. The molecule has 0 bridgehead atoms. The summed E-state index contributed by atoms with van der Waals surface area (Å²) in [6.45, 7) is 7.78. The second-order valence-electron chi connectivity index (χ2n) is 6.07. The number of carbonyl (C=O) groups is 1. The summed E-state index contributed by atoms with van der Waals surface area (Å²) in [6.07, 6.45) is 0. The van der Waals surface area contributed by atoms with Gasteiger partial charge in [0.05, 0.1) is 13.1 Å². The van der Waals surface area contributed by atoms with Gasteiger partial charge < -0.3 is 10.3 Å². The van der Waals surface area contributed by atoms with Crippen LogP contribution in [0.5, 0.6) is 0 Å². The average molecular weight is 301 g/mol. The maximum atomic E-state index is 11.2. The third kappa shape index (κ3) is 4.70. The van der Waals surface area contributed by atoms with Gasteiger partial charge in [0.1, 0.15) is 5.69 Å². The van der Waals surface area contributed by atoms with E-state index in [-0.39, 0.29) is 12.5 Å². The molecule has 0 aliphatic rings. The third-order valence-electron chi connectivity index (χ3n) is 3.29. The first-order chi connectivity index (χ1) is 10.4. The lowest BCUT2D eigenvalue weighted by molar-refractivity contribution is -0.119. The van der Waals surface area contributed by atoms with Crippen LogP contribution >= 0.6 is 0 Å². The van der Waals surface area contributed by atoms with Crippen LogP contribution in [-0.2, 0) is 11.3 Å². The van der Waals surface area contributed by atoms with E-state index in [0.29, 0.717) is 12.5 Å². The molecule has 22 heavy (non-hydrogen) atoms. The Bertz CT molecular complexity index is 617. The number of aryl methyl sites for hydroxylation is 1. The number of carbonyl (C=O) groups excluding carboxylic acids is 1. The van der Waals surface area contributed by atoms with Crippen LogP contribution in [0, 0.1) is 12.8 Å². The summed E-state index contributed by atoms with van der Waals surface area (Å²) in [7, 11) is 0. The minimum Gasteiger partial charge on any atom is -0.369 e. The van der Waals surface area contributed by atoms with Gasteiger partial charge in [-0.1, -0.05) is 48.8 Å². The zero-order chi connectivity index (χ0) is 16.1. The van der Waals surface area contributed by atoms with Gasteiger partial charge in [-0.25, -0.2) is 0 Å². The van der Waals surface area contributed by atoms with Gasteiger partial charge in [0.2, 0.25) is 5.91 Å². The van der Waals surface area contributed by atoms with Crippen molar-refractivity contribution in [2.45, 2.75) is 27.3 Å². The van der Waals surface area contributed by atoms with E-state index < -0.39 is 0 Å². The molecule has 1 amide bonds. The smallest absolute Gasteiger partial charge is 0.231 e. The van der Waals surface area contributed by atoms with Gasteiger partial charge in [0, 0.05) is 18.2 Å². The number of aromatic nitrogens is 1. The number of nitrogens with two attached hydrogens (primary N) is 1. The van der Waals surface area contributed by atoms with Gasteiger partial charge in [-0.3, -0.25) is 9.69 Å². The van der Waals surface area contributed by atoms with E-state index in [9.17, 15) is 4.79 Å². The van der Waals surface area contributed by atoms with Crippen molar-refractivity contribution in [1.29, 1.82) is 0 Å². The molecule has 5 heteroatoms. The summed E-state index contributed by atoms with van der Waals surface area (Å²) in [6, 6.07) is 10.0. The Balaban J connectivity index is 2.09. The summed E-state index contributed by atoms with van der Waals surface area (Å²) < 4.78 is 5.40. The normalized spacial score (nSPS) is 11.3. The topological polar surface area (TPSA) is 72.4 Å². The van der Waals surface area contributed by atoms with Crippen molar-refractivity contribution in [1.82, 2.24) is 10.1 Å². The largest absolute Gasteiger partial charge is 0.369 e. The highest BCUT2D eigenvalue weighted by Crippen LogP contribution is 2.20. The minimum atomic E-state index is -0.334. The second-order valence-corrected chi connectivity index (χ2v) is 6.07. The van der Waals surface area contributed by atoms with Crippen LogP contribution in [0.15, 0.2) is 34.9 Å². The monoisotopic (exact) mass is 301 g/mol. The van der Waals surface area contributed by atoms with Gasteiger partial charge in [-0.15, -0.1) is 0 Å². The Morgan fingerprint density at radius 2 is 2.00 bits per heavy atom. The molecule has 0 fully saturated rings. The SMILES string of the molecule is Cc1ccc(-c2cc(CN(CC(N)=O)CC(C)C)on2)cc1. The molecule has 2 aromatic rings. The molecule has 5 nitrogen and oxygen atoms in total. The molecule has 2 N–H and O–H groups in total. The van der Waals surface area contributed by atoms with Crippen LogP contribution in [0.4, 0.5) is 0 Å². The zero-order valence-electron chi connectivity index (χ0n) is 13.4. The number of amides is 1. The van der Waals surface area contributed by atoms with E-state index in [2.05, 4.69) is 19.0 Å². The number of nitrogens with zero attached hydrogens (tertiary/aromatic N) is 2. The average Bonchev–Trinajstić information content (AvgIpc) is 2.86. The van der Waals surface area contributed by atoms with Crippen LogP contribution in [0.25, 0.3) is 11.3 Å². The lowest BCUT2D eigenvalue weighted by atomic mass is 10.1. The predicted octanol–water partition coefficient (Wildman–Crippen LogP) is 2.59. The summed E-state index contributed by atoms with van der Waals surface area (Å²) in [5.41, 5.74) is 8.34. The van der Waals surface area contributed by atoms with E-state index >= 15 is 0 Å². The van der Waals surface area contributed by atoms with Crippen molar-refractivity contribution in [3.8, 4) is 11.3 Å². The fourth-order valence-electron chi connectivity index (χ4n) is 2.39. The third-order valence-corrected chi connectivity index (χ3v) is 3.29. The Morgan fingerprint density at radius 1 is 1.32 bits per heavy atom. The molecule has 0 spiro atoms. The predicted molar refractivity (Wildman–Crippen MR) is 86.0 cm³/mol. The molecule has 0 atom stereocenters. The molecular formula is C17H23N3O2. The first kappa shape index (κ1) is 16.2. The van der Waals surface area contributed by atoms with Crippen LogP contribution in [0.2, 0.25) is 0 Å². The number of primary amides is 1. The van der Waals surface area contributed by atoms with E-state index in [1.807, 2.05) is 42.2 Å². The summed E-state index contributed by atoms with van der Waals surface area (Å²) in [4.78, 5) is 13.2. The molecule has 0 unspecified atom stereocenters. The molecule has 0 aliphatic heterocycles. The molecule has 1 heterocycles. The fraction of sp³-hybridized carbons (Fsp3) is 0.412. The quantitative estimate of drug-likeness (QED) is 0.853. The van der Waals surface area contributed by atoms with Crippen molar-refractivity contribution < 1.29 is 9.32 Å². The lowest BCUT2D eigenvalue weighted by Crippen LogP contribution is -2.35. The lowest BCUT2D eigenvalue weighted by Gasteiger charge is -2.21. The molecule has 0 aliphatic carbocycles. The molecule has 0 saturated heterocycles. The number of hydrogen-bond donors (Lipinski definition) is 1. The Morgan fingerprint density at radius 3 is 2.59 bits per heavy atom. The van der Waals surface area contributed by atoms with Crippen LogP contribution in [-0.4, -0.2) is 29.1 Å². The maximum absolute atomic E-state index is 11.2. The van der Waals surface area contributed by atoms with Gasteiger partial charge in [-0.2, -0.15) is 0 Å². The molecular weight excluding hydrogens is 278 g/mol. The standard InChI is InChI=1S/C17H23N3O2/c1-12(2)9-20(11-17(18)21)10-15-8-16(19-22-15)14-6-4-13(3)5-7-14/h4-8,12H,9-11H2,1-3H3,(H2,18,21). The highest BCUT2D eigenvalue weighted by molar-refractivity contribution is 5.75. The molecule has 0 radical (unpaired) electrons. The summed E-state index contributed by atoms with van der Waals surface area (Å²) >= 11 is 0. The zero-order valence-corrected chi connectivity index (χ0v) is 13.4. The van der Waals surface area contributed by atoms with Crippen molar-refractivity contribution >= 4 is 5.91 Å². The fourth-order valence-corrected chi connectivity index (χ4v) is 2.39. The number of hydrogen-bond acceptors (Lipinski definition) is 4. The van der Waals surface area contributed by atoms with Crippen LogP contribution in [0.3, 0.4) is 0 Å². The summed E-state index contributed by atoms with van der Waals surface area (Å²) in [5.74, 6) is 0.843. The van der Waals surface area contributed by atoms with Crippen LogP contribution < -0.4 is 5.73 Å². The first-order valence-corrected chi connectivity index (χ1v) is 7.47. The molecule has 1 aromatic carbocycles. The number of benzene rings is 1. The summed E-state index contributed by atoms with van der Waals surface area (Å²) in [5, 5.41) is 4.11. The number of rotatable bonds is 7. The van der Waals surface area contributed by atoms with Gasteiger partial charge in [0.15, 0.2) is 5.76 Å². The molecule has 118 valence electrons. The Hall–Kier alpha value is -2.14. The first-order valence-electron chi connectivity index (χ1n) is 7.47. The van der Waals surface area contributed by atoms with Gasteiger partial charge >= 0.3 is 0 Å². The minimum absolute atomic E-state index is 0.221. The highest BCUT2D eigenvalue weighted by atomic mass is 16.5. The highest BCUT2D eigenvalue weighted by Gasteiger charge is 2.14. The Labute approximate surface area is 131 Å². The van der Waals surface area contributed by atoms with Crippen molar-refractivity contribution in [3.05, 3.63) is 41.7 Å². The van der Waals surface area contributed by atoms with Gasteiger partial charge in [-0.05, 0) is 12.8 Å². The van der Waals surface area contributed by atoms with Crippen molar-refractivity contribution in [2.75, 3.05) is 13.1 Å². The molecule has 0 saturated carbocycles. The van der Waals surface area contributed by atoms with E-state index in [4.69, 9.17) is 10.3 Å². The van der Waals surface area contributed by atoms with Crippen molar-refractivity contribution in [2.24, 2.45) is 11.7 Å². The van der Waals surface area contributed by atoms with E-state index in [1.165, 1.54) is 5.56 Å². The molecule has 2 rings (SSSR count). The second kappa shape index (κ2) is 7.22. The van der Waals surface area contributed by atoms with E-state index in [0.717, 1.165) is 23.6 Å². The maximum Gasteiger partial charge on any atom is 0.231 e. The van der Waals surface area contributed by atoms with Gasteiger partial charge in [0.25, 0.3) is 0 Å².